The van der Waals surface area contributed by atoms with Gasteiger partial charge in [0.1, 0.15) is 30.2 Å². The van der Waals surface area contributed by atoms with Crippen molar-refractivity contribution in [2.75, 3.05) is 13.1 Å². The number of piperidine rings is 1. The van der Waals surface area contributed by atoms with E-state index in [1.807, 2.05) is 32.9 Å². The second kappa shape index (κ2) is 10.2. The van der Waals surface area contributed by atoms with Gasteiger partial charge in [0, 0.05) is 18.1 Å². The van der Waals surface area contributed by atoms with Crippen LogP contribution in [-0.4, -0.2) is 29.7 Å². The van der Waals surface area contributed by atoms with E-state index in [0.717, 1.165) is 5.56 Å². The van der Waals surface area contributed by atoms with Gasteiger partial charge in [0.2, 0.25) is 0 Å². The maximum absolute atomic E-state index is 15.3. The van der Waals surface area contributed by atoms with Crippen LogP contribution in [0.4, 0.5) is 9.18 Å². The van der Waals surface area contributed by atoms with Gasteiger partial charge >= 0.3 is 6.09 Å². The van der Waals surface area contributed by atoms with Crippen LogP contribution in [0, 0.1) is 17.2 Å². The van der Waals surface area contributed by atoms with Gasteiger partial charge in [0.25, 0.3) is 0 Å². The van der Waals surface area contributed by atoms with E-state index in [1.165, 1.54) is 0 Å². The molecule has 0 aromatic heterocycles. The van der Waals surface area contributed by atoms with Gasteiger partial charge in [-0.2, -0.15) is 5.26 Å². The molecule has 1 aliphatic heterocycles. The minimum absolute atomic E-state index is 0.161. The molecule has 7 heteroatoms. The summed E-state index contributed by atoms with van der Waals surface area (Å²) in [6.07, 6.45) is -0.306. The Hall–Kier alpha value is -2.78. The number of amides is 1. The van der Waals surface area contributed by atoms with Gasteiger partial charge in [-0.1, -0.05) is 29.8 Å². The summed E-state index contributed by atoms with van der Waals surface area (Å²) in [5.41, 5.74) is 1.22. The zero-order valence-electron chi connectivity index (χ0n) is 18.6. The van der Waals surface area contributed by atoms with Gasteiger partial charge in [0.15, 0.2) is 0 Å². The molecule has 1 heterocycles. The molecule has 1 amide bonds. The number of nitrogens with zero attached hydrogens (tertiary/aromatic N) is 2. The standard InChI is InChI=1S/C25H28ClFN2O3/c1-25(2,3)32-24(30)29-11-9-18(10-12-29)23(27)19-6-4-5-17(13-19)16-31-22-8-7-21(26)14-20(22)15-28/h4-8,13-14,18,23H,9-12,16H2,1-3H3/t23-/m1/s1. The third-order valence-corrected chi connectivity index (χ3v) is 5.57. The van der Waals surface area contributed by atoms with Gasteiger partial charge < -0.3 is 14.4 Å². The first kappa shape index (κ1) is 23.9. The SMILES string of the molecule is CC(C)(C)OC(=O)N1CCC([C@@H](F)c2cccc(COc3ccc(Cl)cc3C#N)c2)CC1. The number of benzene rings is 2. The third kappa shape index (κ3) is 6.37. The zero-order chi connectivity index (χ0) is 23.3. The molecule has 0 unspecified atom stereocenters. The van der Waals surface area contributed by atoms with Gasteiger partial charge in [-0.15, -0.1) is 0 Å². The summed E-state index contributed by atoms with van der Waals surface area (Å²) in [5, 5.41) is 9.71. The fraction of sp³-hybridized carbons (Fsp3) is 0.440. The Balaban J connectivity index is 1.58. The lowest BCUT2D eigenvalue weighted by Gasteiger charge is -2.34. The van der Waals surface area contributed by atoms with Crippen molar-refractivity contribution in [2.45, 2.75) is 52.0 Å². The summed E-state index contributed by atoms with van der Waals surface area (Å²) in [6.45, 7) is 6.68. The highest BCUT2D eigenvalue weighted by Gasteiger charge is 2.31. The third-order valence-electron chi connectivity index (χ3n) is 5.33. The molecule has 0 saturated carbocycles. The Kier molecular flexibility index (Phi) is 7.63. The molecule has 0 aliphatic carbocycles. The van der Waals surface area contributed by atoms with Crippen molar-refractivity contribution in [2.24, 2.45) is 5.92 Å². The summed E-state index contributed by atoms with van der Waals surface area (Å²) >= 11 is 5.92. The van der Waals surface area contributed by atoms with E-state index in [-0.39, 0.29) is 18.6 Å². The monoisotopic (exact) mass is 458 g/mol. The van der Waals surface area contributed by atoms with Crippen LogP contribution in [0.1, 0.15) is 56.5 Å². The minimum Gasteiger partial charge on any atom is -0.488 e. The summed E-state index contributed by atoms with van der Waals surface area (Å²) in [4.78, 5) is 13.9. The molecule has 170 valence electrons. The fourth-order valence-corrected chi connectivity index (χ4v) is 3.88. The van der Waals surface area contributed by atoms with Gasteiger partial charge in [0.05, 0.1) is 5.56 Å². The van der Waals surface area contributed by atoms with Crippen LogP contribution in [-0.2, 0) is 11.3 Å². The molecule has 2 aromatic rings. The molecule has 1 saturated heterocycles. The number of rotatable bonds is 5. The molecular weight excluding hydrogens is 431 g/mol. The number of ether oxygens (including phenoxy) is 2. The molecule has 3 rings (SSSR count). The van der Waals surface area contributed by atoms with E-state index in [4.69, 9.17) is 21.1 Å². The smallest absolute Gasteiger partial charge is 0.410 e. The van der Waals surface area contributed by atoms with E-state index < -0.39 is 11.8 Å². The van der Waals surface area contributed by atoms with Gasteiger partial charge in [-0.05, 0) is 74.9 Å². The molecule has 1 aliphatic rings. The highest BCUT2D eigenvalue weighted by molar-refractivity contribution is 6.30. The largest absolute Gasteiger partial charge is 0.488 e. The van der Waals surface area contributed by atoms with E-state index in [2.05, 4.69) is 6.07 Å². The predicted octanol–water partition coefficient (Wildman–Crippen LogP) is 6.45. The second-order valence-corrected chi connectivity index (χ2v) is 9.43. The topological polar surface area (TPSA) is 62.6 Å². The van der Waals surface area contributed by atoms with Crippen molar-refractivity contribution in [3.63, 3.8) is 0 Å². The highest BCUT2D eigenvalue weighted by Crippen LogP contribution is 2.35. The van der Waals surface area contributed by atoms with E-state index in [9.17, 15) is 10.1 Å². The number of carbonyl (C=O) groups is 1. The van der Waals surface area contributed by atoms with E-state index in [1.54, 1.807) is 35.2 Å². The molecule has 5 nitrogen and oxygen atoms in total. The number of halogens is 2. The van der Waals surface area contributed by atoms with Crippen LogP contribution >= 0.6 is 11.6 Å². The first-order valence-electron chi connectivity index (χ1n) is 10.7. The van der Waals surface area contributed by atoms with E-state index >= 15 is 4.39 Å². The first-order chi connectivity index (χ1) is 15.2. The molecule has 1 fully saturated rings. The summed E-state index contributed by atoms with van der Waals surface area (Å²) in [5.74, 6) is 0.278. The highest BCUT2D eigenvalue weighted by atomic mass is 35.5. The van der Waals surface area contributed by atoms with Crippen molar-refractivity contribution < 1.29 is 18.7 Å². The maximum atomic E-state index is 15.3. The van der Waals surface area contributed by atoms with E-state index in [0.29, 0.717) is 47.8 Å². The molecule has 0 N–H and O–H groups in total. The Morgan fingerprint density at radius 1 is 1.25 bits per heavy atom. The van der Waals surface area contributed by atoms with Crippen LogP contribution < -0.4 is 4.74 Å². The Morgan fingerprint density at radius 3 is 2.62 bits per heavy atom. The van der Waals surface area contributed by atoms with Crippen LogP contribution in [0.3, 0.4) is 0 Å². The van der Waals surface area contributed by atoms with Crippen molar-refractivity contribution >= 4 is 17.7 Å². The normalized spacial score (nSPS) is 15.7. The molecular formula is C25H28ClFN2O3. The maximum Gasteiger partial charge on any atom is 0.410 e. The molecule has 32 heavy (non-hydrogen) atoms. The number of hydrogen-bond donors (Lipinski definition) is 0. The van der Waals surface area contributed by atoms with Gasteiger partial charge in [-0.25, -0.2) is 9.18 Å². The van der Waals surface area contributed by atoms with Crippen molar-refractivity contribution in [3.05, 3.63) is 64.2 Å². The Bertz CT molecular complexity index is 991. The summed E-state index contributed by atoms with van der Waals surface area (Å²) < 4.78 is 26.5. The fourth-order valence-electron chi connectivity index (χ4n) is 3.70. The molecule has 0 spiro atoms. The summed E-state index contributed by atoms with van der Waals surface area (Å²) in [7, 11) is 0. The average Bonchev–Trinajstić information content (AvgIpc) is 2.76. The van der Waals surface area contributed by atoms with Gasteiger partial charge in [-0.3, -0.25) is 0 Å². The number of likely N-dealkylation sites (tertiary alicyclic amines) is 1. The number of hydrogen-bond acceptors (Lipinski definition) is 4. The van der Waals surface area contributed by atoms with Crippen molar-refractivity contribution in [3.8, 4) is 11.8 Å². The molecule has 0 radical (unpaired) electrons. The number of alkyl halides is 1. The molecule has 0 bridgehead atoms. The van der Waals surface area contributed by atoms with Crippen LogP contribution in [0.2, 0.25) is 5.02 Å². The predicted molar refractivity (Wildman–Crippen MR) is 121 cm³/mol. The molecule has 1 atom stereocenters. The minimum atomic E-state index is -1.12. The number of carbonyl (C=O) groups excluding carboxylic acids is 1. The lowest BCUT2D eigenvalue weighted by molar-refractivity contribution is 0.0144. The lowest BCUT2D eigenvalue weighted by Crippen LogP contribution is -2.42. The number of nitriles is 1. The quantitative estimate of drug-likeness (QED) is 0.516. The van der Waals surface area contributed by atoms with Crippen LogP contribution in [0.5, 0.6) is 5.75 Å². The zero-order valence-corrected chi connectivity index (χ0v) is 19.4. The van der Waals surface area contributed by atoms with Crippen molar-refractivity contribution in [1.29, 1.82) is 5.26 Å². The summed E-state index contributed by atoms with van der Waals surface area (Å²) in [6, 6.07) is 14.2. The van der Waals surface area contributed by atoms with Crippen LogP contribution in [0.25, 0.3) is 0 Å². The molecule has 2 aromatic carbocycles. The first-order valence-corrected chi connectivity index (χ1v) is 11.1. The van der Waals surface area contributed by atoms with Crippen molar-refractivity contribution in [1.82, 2.24) is 4.90 Å². The Labute approximate surface area is 193 Å². The average molecular weight is 459 g/mol. The lowest BCUT2D eigenvalue weighted by atomic mass is 9.88. The Morgan fingerprint density at radius 2 is 1.97 bits per heavy atom. The second-order valence-electron chi connectivity index (χ2n) is 8.99. The van der Waals surface area contributed by atoms with Crippen LogP contribution in [0.15, 0.2) is 42.5 Å².